The molecule has 0 fully saturated rings. The number of ether oxygens (including phenoxy) is 1. The molecular formula is C15H19N3O. The van der Waals surface area contributed by atoms with E-state index >= 15 is 0 Å². The van der Waals surface area contributed by atoms with Gasteiger partial charge in [-0.1, -0.05) is 18.2 Å². The van der Waals surface area contributed by atoms with Crippen molar-refractivity contribution in [2.24, 2.45) is 0 Å². The van der Waals surface area contributed by atoms with Crippen LogP contribution in [0.15, 0.2) is 42.6 Å². The van der Waals surface area contributed by atoms with Gasteiger partial charge in [0.1, 0.15) is 11.6 Å². The summed E-state index contributed by atoms with van der Waals surface area (Å²) in [7, 11) is 5.62. The molecule has 0 unspecified atom stereocenters. The Bertz CT molecular complexity index is 542. The van der Waals surface area contributed by atoms with Crippen LogP contribution in [0.2, 0.25) is 0 Å². The summed E-state index contributed by atoms with van der Waals surface area (Å²) in [6, 6.07) is 12.1. The lowest BCUT2D eigenvalue weighted by molar-refractivity contribution is 0.409. The van der Waals surface area contributed by atoms with Gasteiger partial charge in [0.2, 0.25) is 0 Å². The van der Waals surface area contributed by atoms with E-state index in [1.165, 1.54) is 0 Å². The molecule has 0 aliphatic rings. The summed E-state index contributed by atoms with van der Waals surface area (Å²) >= 11 is 0. The van der Waals surface area contributed by atoms with Gasteiger partial charge in [0.15, 0.2) is 0 Å². The predicted molar refractivity (Wildman–Crippen MR) is 78.9 cm³/mol. The SMILES string of the molecule is CNc1cc(N(C)Cc2ccccc2OC)ccn1. The molecule has 100 valence electrons. The molecule has 4 nitrogen and oxygen atoms in total. The third-order valence-electron chi connectivity index (χ3n) is 3.04. The number of hydrogen-bond acceptors (Lipinski definition) is 4. The van der Waals surface area contributed by atoms with Crippen LogP contribution in [0.1, 0.15) is 5.56 Å². The summed E-state index contributed by atoms with van der Waals surface area (Å²) in [5.41, 5.74) is 2.28. The van der Waals surface area contributed by atoms with Crippen LogP contribution in [-0.4, -0.2) is 26.2 Å². The fourth-order valence-electron chi connectivity index (χ4n) is 1.97. The van der Waals surface area contributed by atoms with E-state index in [2.05, 4.69) is 28.3 Å². The average molecular weight is 257 g/mol. The summed E-state index contributed by atoms with van der Waals surface area (Å²) in [4.78, 5) is 6.39. The Labute approximate surface area is 114 Å². The molecule has 4 heteroatoms. The highest BCUT2D eigenvalue weighted by atomic mass is 16.5. The number of benzene rings is 1. The molecule has 0 spiro atoms. The molecular weight excluding hydrogens is 238 g/mol. The summed E-state index contributed by atoms with van der Waals surface area (Å²) in [5, 5.41) is 3.05. The predicted octanol–water partition coefficient (Wildman–Crippen LogP) is 2.77. The van der Waals surface area contributed by atoms with Crippen LogP contribution >= 0.6 is 0 Å². The zero-order valence-corrected chi connectivity index (χ0v) is 11.6. The lowest BCUT2D eigenvalue weighted by Crippen LogP contribution is -2.17. The van der Waals surface area contributed by atoms with Crippen molar-refractivity contribution >= 4 is 11.5 Å². The second kappa shape index (κ2) is 6.09. The van der Waals surface area contributed by atoms with Gasteiger partial charge >= 0.3 is 0 Å². The van der Waals surface area contributed by atoms with E-state index in [-0.39, 0.29) is 0 Å². The number of rotatable bonds is 5. The molecule has 0 radical (unpaired) electrons. The maximum absolute atomic E-state index is 5.38. The first-order valence-corrected chi connectivity index (χ1v) is 6.21. The smallest absolute Gasteiger partial charge is 0.127 e. The number of hydrogen-bond donors (Lipinski definition) is 1. The van der Waals surface area contributed by atoms with Gasteiger partial charge in [0.25, 0.3) is 0 Å². The van der Waals surface area contributed by atoms with Crippen LogP contribution in [0.4, 0.5) is 11.5 Å². The molecule has 0 bridgehead atoms. The highest BCUT2D eigenvalue weighted by Crippen LogP contribution is 2.22. The van der Waals surface area contributed by atoms with Gasteiger partial charge in [-0.25, -0.2) is 4.98 Å². The van der Waals surface area contributed by atoms with Crippen molar-refractivity contribution in [1.29, 1.82) is 0 Å². The molecule has 2 rings (SSSR count). The molecule has 0 aliphatic heterocycles. The monoisotopic (exact) mass is 257 g/mol. The largest absolute Gasteiger partial charge is 0.496 e. The minimum Gasteiger partial charge on any atom is -0.496 e. The second-order valence-corrected chi connectivity index (χ2v) is 4.32. The van der Waals surface area contributed by atoms with E-state index in [0.717, 1.165) is 29.4 Å². The van der Waals surface area contributed by atoms with Crippen molar-refractivity contribution < 1.29 is 4.74 Å². The highest BCUT2D eigenvalue weighted by Gasteiger charge is 2.07. The lowest BCUT2D eigenvalue weighted by Gasteiger charge is -2.21. The van der Waals surface area contributed by atoms with Gasteiger partial charge in [-0.15, -0.1) is 0 Å². The normalized spacial score (nSPS) is 10.1. The molecule has 0 saturated heterocycles. The van der Waals surface area contributed by atoms with Crippen molar-refractivity contribution in [2.45, 2.75) is 6.54 Å². The van der Waals surface area contributed by atoms with E-state index < -0.39 is 0 Å². The zero-order valence-electron chi connectivity index (χ0n) is 11.6. The molecule has 1 N–H and O–H groups in total. The van der Waals surface area contributed by atoms with Crippen LogP contribution in [-0.2, 0) is 6.54 Å². The minimum absolute atomic E-state index is 0.789. The molecule has 0 saturated carbocycles. The van der Waals surface area contributed by atoms with E-state index in [1.54, 1.807) is 13.3 Å². The Balaban J connectivity index is 2.18. The van der Waals surface area contributed by atoms with Crippen LogP contribution in [0.25, 0.3) is 0 Å². The molecule has 1 heterocycles. The van der Waals surface area contributed by atoms with E-state index in [0.29, 0.717) is 0 Å². The maximum atomic E-state index is 5.38. The Kier molecular flexibility index (Phi) is 4.23. The summed E-state index contributed by atoms with van der Waals surface area (Å²) < 4.78 is 5.38. The zero-order chi connectivity index (χ0) is 13.7. The number of methoxy groups -OCH3 is 1. The Morgan fingerprint density at radius 3 is 2.79 bits per heavy atom. The first kappa shape index (κ1) is 13.2. The van der Waals surface area contributed by atoms with Crippen LogP contribution in [0, 0.1) is 0 Å². The maximum Gasteiger partial charge on any atom is 0.127 e. The Morgan fingerprint density at radius 1 is 1.26 bits per heavy atom. The number of nitrogens with one attached hydrogen (secondary N) is 1. The van der Waals surface area contributed by atoms with Crippen molar-refractivity contribution in [2.75, 3.05) is 31.4 Å². The summed E-state index contributed by atoms with van der Waals surface area (Å²) in [6.45, 7) is 0.789. The van der Waals surface area contributed by atoms with Crippen molar-refractivity contribution in [3.05, 3.63) is 48.2 Å². The van der Waals surface area contributed by atoms with E-state index in [4.69, 9.17) is 4.74 Å². The van der Waals surface area contributed by atoms with Gasteiger partial charge in [-0.3, -0.25) is 0 Å². The van der Waals surface area contributed by atoms with Crippen LogP contribution in [0.5, 0.6) is 5.75 Å². The molecule has 19 heavy (non-hydrogen) atoms. The van der Waals surface area contributed by atoms with Gasteiger partial charge in [0, 0.05) is 44.2 Å². The first-order chi connectivity index (χ1) is 9.24. The average Bonchev–Trinajstić information content (AvgIpc) is 2.47. The van der Waals surface area contributed by atoms with Crippen molar-refractivity contribution in [3.8, 4) is 5.75 Å². The topological polar surface area (TPSA) is 37.4 Å². The van der Waals surface area contributed by atoms with E-state index in [9.17, 15) is 0 Å². The fraction of sp³-hybridized carbons (Fsp3) is 0.267. The number of nitrogens with zero attached hydrogens (tertiary/aromatic N) is 2. The molecule has 0 aliphatic carbocycles. The Hall–Kier alpha value is -2.23. The van der Waals surface area contributed by atoms with Crippen LogP contribution in [0.3, 0.4) is 0 Å². The van der Waals surface area contributed by atoms with Crippen LogP contribution < -0.4 is 15.0 Å². The highest BCUT2D eigenvalue weighted by molar-refractivity contribution is 5.54. The number of aromatic nitrogens is 1. The standard InChI is InChI=1S/C15H19N3O/c1-16-15-10-13(8-9-17-15)18(2)11-12-6-4-5-7-14(12)19-3/h4-10H,11H2,1-3H3,(H,16,17). The number of para-hydroxylation sites is 1. The molecule has 0 amide bonds. The van der Waals surface area contributed by atoms with Gasteiger partial charge in [-0.2, -0.15) is 0 Å². The first-order valence-electron chi connectivity index (χ1n) is 6.21. The Morgan fingerprint density at radius 2 is 2.05 bits per heavy atom. The minimum atomic E-state index is 0.789. The summed E-state index contributed by atoms with van der Waals surface area (Å²) in [6.07, 6.45) is 1.81. The van der Waals surface area contributed by atoms with Crippen molar-refractivity contribution in [1.82, 2.24) is 4.98 Å². The summed E-state index contributed by atoms with van der Waals surface area (Å²) in [5.74, 6) is 1.78. The lowest BCUT2D eigenvalue weighted by atomic mass is 10.2. The quantitative estimate of drug-likeness (QED) is 0.893. The number of pyridine rings is 1. The third-order valence-corrected chi connectivity index (χ3v) is 3.04. The third kappa shape index (κ3) is 3.16. The number of anilines is 2. The second-order valence-electron chi connectivity index (χ2n) is 4.32. The molecule has 1 aromatic heterocycles. The van der Waals surface area contributed by atoms with Gasteiger partial charge < -0.3 is 15.0 Å². The van der Waals surface area contributed by atoms with Gasteiger partial charge in [-0.05, 0) is 12.1 Å². The van der Waals surface area contributed by atoms with Gasteiger partial charge in [0.05, 0.1) is 7.11 Å². The van der Waals surface area contributed by atoms with Crippen molar-refractivity contribution in [3.63, 3.8) is 0 Å². The molecule has 1 aromatic carbocycles. The van der Waals surface area contributed by atoms with E-state index in [1.807, 2.05) is 37.4 Å². The fourth-order valence-corrected chi connectivity index (χ4v) is 1.97. The molecule has 2 aromatic rings. The molecule has 0 atom stereocenters.